The summed E-state index contributed by atoms with van der Waals surface area (Å²) in [6.45, 7) is 0. The Morgan fingerprint density at radius 3 is 2.52 bits per heavy atom. The lowest BCUT2D eigenvalue weighted by atomic mass is 10.1. The third-order valence-corrected chi connectivity index (χ3v) is 4.16. The normalized spacial score (nSPS) is 11.3. The van der Waals surface area contributed by atoms with Gasteiger partial charge in [-0.15, -0.1) is 0 Å². The summed E-state index contributed by atoms with van der Waals surface area (Å²) >= 11 is 0. The molecular weight excluding hydrogens is 294 g/mol. The van der Waals surface area contributed by atoms with Crippen LogP contribution in [0, 0.1) is 0 Å². The van der Waals surface area contributed by atoms with Crippen LogP contribution in [-0.2, 0) is 28.3 Å². The Morgan fingerprint density at radius 1 is 1.33 bits per heavy atom. The van der Waals surface area contributed by atoms with Gasteiger partial charge in [-0.2, -0.15) is 5.10 Å². The fourth-order valence-corrected chi connectivity index (χ4v) is 2.78. The minimum atomic E-state index is -3.66. The van der Waals surface area contributed by atoms with Gasteiger partial charge in [0.25, 0.3) is 10.0 Å². The standard InChI is InChI=1S/C13H15N3O4S/c1-16-9-12(8-14-16)21(19,20)15-11-5-2-10(3-6-11)4-7-13(17)18/h2-3,5-6,8-9,15H,4,7H2,1H3,(H,17,18). The zero-order valence-corrected chi connectivity index (χ0v) is 12.2. The average Bonchev–Trinajstić information content (AvgIpc) is 2.85. The zero-order chi connectivity index (χ0) is 15.5. The van der Waals surface area contributed by atoms with Crippen LogP contribution in [0.4, 0.5) is 5.69 Å². The molecule has 1 aromatic carbocycles. The molecule has 8 heteroatoms. The molecule has 21 heavy (non-hydrogen) atoms. The Kier molecular flexibility index (Phi) is 4.27. The van der Waals surface area contributed by atoms with Gasteiger partial charge in [-0.3, -0.25) is 14.2 Å². The molecule has 1 aromatic heterocycles. The van der Waals surface area contributed by atoms with Crippen molar-refractivity contribution >= 4 is 21.7 Å². The lowest BCUT2D eigenvalue weighted by molar-refractivity contribution is -0.136. The zero-order valence-electron chi connectivity index (χ0n) is 11.4. The number of benzene rings is 1. The molecular formula is C13H15N3O4S. The van der Waals surface area contributed by atoms with Crippen LogP contribution in [0.2, 0.25) is 0 Å². The SMILES string of the molecule is Cn1cc(S(=O)(=O)Nc2ccc(CCC(=O)O)cc2)cn1. The summed E-state index contributed by atoms with van der Waals surface area (Å²) < 4.78 is 28.0. The third-order valence-electron chi connectivity index (χ3n) is 2.83. The van der Waals surface area contributed by atoms with Crippen molar-refractivity contribution in [1.82, 2.24) is 9.78 Å². The number of aromatic nitrogens is 2. The van der Waals surface area contributed by atoms with Crippen LogP contribution in [0.15, 0.2) is 41.6 Å². The smallest absolute Gasteiger partial charge is 0.303 e. The van der Waals surface area contributed by atoms with Crippen LogP contribution < -0.4 is 4.72 Å². The van der Waals surface area contributed by atoms with Crippen LogP contribution in [0.25, 0.3) is 0 Å². The Hall–Kier alpha value is -2.35. The van der Waals surface area contributed by atoms with Gasteiger partial charge in [0.1, 0.15) is 4.90 Å². The molecule has 0 aliphatic carbocycles. The second kappa shape index (κ2) is 5.96. The van der Waals surface area contributed by atoms with Crippen LogP contribution in [0.3, 0.4) is 0 Å². The monoisotopic (exact) mass is 309 g/mol. The molecule has 0 fully saturated rings. The molecule has 2 rings (SSSR count). The first-order valence-electron chi connectivity index (χ1n) is 6.19. The summed E-state index contributed by atoms with van der Waals surface area (Å²) in [7, 11) is -2.02. The van der Waals surface area contributed by atoms with Crippen molar-refractivity contribution in [1.29, 1.82) is 0 Å². The molecule has 2 aromatic rings. The van der Waals surface area contributed by atoms with Crippen LogP contribution in [0.5, 0.6) is 0 Å². The Balaban J connectivity index is 2.08. The van der Waals surface area contributed by atoms with Crippen molar-refractivity contribution in [2.45, 2.75) is 17.7 Å². The molecule has 0 atom stereocenters. The molecule has 0 unspecified atom stereocenters. The number of aryl methyl sites for hydroxylation is 2. The quantitative estimate of drug-likeness (QED) is 0.836. The minimum Gasteiger partial charge on any atom is -0.481 e. The van der Waals surface area contributed by atoms with Crippen LogP contribution >= 0.6 is 0 Å². The van der Waals surface area contributed by atoms with Gasteiger partial charge >= 0.3 is 5.97 Å². The van der Waals surface area contributed by atoms with Crippen LogP contribution in [-0.4, -0.2) is 29.3 Å². The van der Waals surface area contributed by atoms with Gasteiger partial charge in [-0.05, 0) is 24.1 Å². The molecule has 0 saturated heterocycles. The number of sulfonamides is 1. The molecule has 0 amide bonds. The number of aliphatic carboxylic acids is 1. The first kappa shape index (κ1) is 15.0. The van der Waals surface area contributed by atoms with Gasteiger partial charge in [0.05, 0.1) is 6.20 Å². The number of hydrogen-bond donors (Lipinski definition) is 2. The molecule has 2 N–H and O–H groups in total. The molecule has 0 saturated carbocycles. The lowest BCUT2D eigenvalue weighted by Gasteiger charge is -2.07. The molecule has 0 aliphatic rings. The van der Waals surface area contributed by atoms with Crippen molar-refractivity contribution in [2.24, 2.45) is 7.05 Å². The average molecular weight is 309 g/mol. The van der Waals surface area contributed by atoms with Gasteiger partial charge in [0.15, 0.2) is 0 Å². The number of carbonyl (C=O) groups is 1. The molecule has 0 radical (unpaired) electrons. The van der Waals surface area contributed by atoms with Gasteiger partial charge < -0.3 is 5.11 Å². The van der Waals surface area contributed by atoms with E-state index in [-0.39, 0.29) is 11.3 Å². The Labute approximate surface area is 122 Å². The van der Waals surface area contributed by atoms with Crippen molar-refractivity contribution in [3.05, 3.63) is 42.2 Å². The van der Waals surface area contributed by atoms with Gasteiger partial charge in [-0.1, -0.05) is 12.1 Å². The third kappa shape index (κ3) is 4.06. The number of rotatable bonds is 6. The Morgan fingerprint density at radius 2 is 2.00 bits per heavy atom. The molecule has 7 nitrogen and oxygen atoms in total. The largest absolute Gasteiger partial charge is 0.481 e. The van der Waals surface area contributed by atoms with Crippen molar-refractivity contribution in [3.8, 4) is 0 Å². The van der Waals surface area contributed by atoms with E-state index in [0.29, 0.717) is 12.1 Å². The summed E-state index contributed by atoms with van der Waals surface area (Å²) in [6.07, 6.45) is 3.12. The number of hydrogen-bond acceptors (Lipinski definition) is 4. The van der Waals surface area contributed by atoms with Crippen molar-refractivity contribution in [3.63, 3.8) is 0 Å². The number of nitrogens with zero attached hydrogens (tertiary/aromatic N) is 2. The summed E-state index contributed by atoms with van der Waals surface area (Å²) in [5.74, 6) is -0.864. The summed E-state index contributed by atoms with van der Waals surface area (Å²) in [5, 5.41) is 12.4. The topological polar surface area (TPSA) is 101 Å². The summed E-state index contributed by atoms with van der Waals surface area (Å²) in [5.41, 5.74) is 1.25. The van der Waals surface area contributed by atoms with E-state index in [1.54, 1.807) is 31.3 Å². The van der Waals surface area contributed by atoms with E-state index in [1.165, 1.54) is 17.1 Å². The fourth-order valence-electron chi connectivity index (χ4n) is 1.74. The van der Waals surface area contributed by atoms with E-state index in [2.05, 4.69) is 9.82 Å². The van der Waals surface area contributed by atoms with Crippen molar-refractivity contribution in [2.75, 3.05) is 4.72 Å². The second-order valence-electron chi connectivity index (χ2n) is 4.55. The van der Waals surface area contributed by atoms with Gasteiger partial charge in [0.2, 0.25) is 0 Å². The van der Waals surface area contributed by atoms with E-state index < -0.39 is 16.0 Å². The lowest BCUT2D eigenvalue weighted by Crippen LogP contribution is -2.12. The molecule has 0 aliphatic heterocycles. The molecule has 1 heterocycles. The first-order valence-corrected chi connectivity index (χ1v) is 7.67. The van der Waals surface area contributed by atoms with E-state index in [1.807, 2.05) is 0 Å². The highest BCUT2D eigenvalue weighted by Crippen LogP contribution is 2.16. The van der Waals surface area contributed by atoms with Gasteiger partial charge in [0, 0.05) is 25.4 Å². The van der Waals surface area contributed by atoms with E-state index >= 15 is 0 Å². The van der Waals surface area contributed by atoms with E-state index in [9.17, 15) is 13.2 Å². The molecule has 0 spiro atoms. The predicted molar refractivity (Wildman–Crippen MR) is 76.4 cm³/mol. The van der Waals surface area contributed by atoms with E-state index in [0.717, 1.165) is 5.56 Å². The fraction of sp³-hybridized carbons (Fsp3) is 0.231. The minimum absolute atomic E-state index is 0.0424. The van der Waals surface area contributed by atoms with Gasteiger partial charge in [-0.25, -0.2) is 8.42 Å². The number of carboxylic acid groups (broad SMARTS) is 1. The number of anilines is 1. The second-order valence-corrected chi connectivity index (χ2v) is 6.23. The highest BCUT2D eigenvalue weighted by atomic mass is 32.2. The van der Waals surface area contributed by atoms with Crippen molar-refractivity contribution < 1.29 is 18.3 Å². The predicted octanol–water partition coefficient (Wildman–Crippen LogP) is 1.24. The summed E-state index contributed by atoms with van der Waals surface area (Å²) in [4.78, 5) is 10.6. The van der Waals surface area contributed by atoms with Crippen LogP contribution in [0.1, 0.15) is 12.0 Å². The first-order chi connectivity index (χ1) is 9.87. The maximum absolute atomic E-state index is 12.1. The number of nitrogens with one attached hydrogen (secondary N) is 1. The highest BCUT2D eigenvalue weighted by Gasteiger charge is 2.15. The maximum atomic E-state index is 12.1. The highest BCUT2D eigenvalue weighted by molar-refractivity contribution is 7.92. The Bertz CT molecular complexity index is 735. The summed E-state index contributed by atoms with van der Waals surface area (Å²) in [6, 6.07) is 6.60. The number of carboxylic acids is 1. The molecule has 0 bridgehead atoms. The van der Waals surface area contributed by atoms with E-state index in [4.69, 9.17) is 5.11 Å². The molecule has 112 valence electrons. The maximum Gasteiger partial charge on any atom is 0.303 e.